The molecule has 0 aromatic carbocycles. The fourth-order valence-electron chi connectivity index (χ4n) is 1.35. The zero-order valence-electron chi connectivity index (χ0n) is 10.3. The van der Waals surface area contributed by atoms with Crippen molar-refractivity contribution in [1.82, 2.24) is 9.97 Å². The lowest BCUT2D eigenvalue weighted by atomic mass is 10.3. The van der Waals surface area contributed by atoms with Gasteiger partial charge >= 0.3 is 0 Å². The summed E-state index contributed by atoms with van der Waals surface area (Å²) in [6, 6.07) is 0.207. The molecule has 0 amide bonds. The van der Waals surface area contributed by atoms with Crippen LogP contribution in [0.2, 0.25) is 0 Å². The standard InChI is InChI=1S/C11H19N3O2/c1-5-16-6-8(2)14-10-9(3)11(15-4)13-7-12-10/h7-8H,5-6H2,1-4H3,(H,12,13,14). The smallest absolute Gasteiger partial charge is 0.221 e. The molecule has 16 heavy (non-hydrogen) atoms. The predicted octanol–water partition coefficient (Wildman–Crippen LogP) is 1.63. The topological polar surface area (TPSA) is 56.3 Å². The molecule has 1 unspecified atom stereocenters. The van der Waals surface area contributed by atoms with Crippen molar-refractivity contribution >= 4 is 5.82 Å². The van der Waals surface area contributed by atoms with Gasteiger partial charge in [0.15, 0.2) is 0 Å². The molecular formula is C11H19N3O2. The lowest BCUT2D eigenvalue weighted by Crippen LogP contribution is -2.23. The molecule has 90 valence electrons. The molecule has 0 aliphatic carbocycles. The van der Waals surface area contributed by atoms with Gasteiger partial charge in [-0.2, -0.15) is 0 Å². The van der Waals surface area contributed by atoms with Crippen molar-refractivity contribution in [3.8, 4) is 5.88 Å². The molecule has 0 saturated heterocycles. The van der Waals surface area contributed by atoms with Gasteiger partial charge in [-0.05, 0) is 20.8 Å². The SMILES string of the molecule is CCOCC(C)Nc1ncnc(OC)c1C. The normalized spacial score (nSPS) is 12.2. The van der Waals surface area contributed by atoms with E-state index in [1.54, 1.807) is 7.11 Å². The molecule has 0 saturated carbocycles. The third kappa shape index (κ3) is 3.34. The molecule has 0 fully saturated rings. The summed E-state index contributed by atoms with van der Waals surface area (Å²) in [5.74, 6) is 1.39. The molecule has 1 atom stereocenters. The van der Waals surface area contributed by atoms with Crippen LogP contribution in [0.5, 0.6) is 5.88 Å². The molecule has 0 bridgehead atoms. The first-order valence-corrected chi connectivity index (χ1v) is 5.38. The Labute approximate surface area is 96.2 Å². The molecule has 0 radical (unpaired) electrons. The van der Waals surface area contributed by atoms with Crippen LogP contribution >= 0.6 is 0 Å². The van der Waals surface area contributed by atoms with E-state index >= 15 is 0 Å². The van der Waals surface area contributed by atoms with Crippen LogP contribution in [-0.2, 0) is 4.74 Å². The van der Waals surface area contributed by atoms with E-state index in [0.29, 0.717) is 12.5 Å². The zero-order valence-corrected chi connectivity index (χ0v) is 10.3. The molecule has 1 aromatic rings. The van der Waals surface area contributed by atoms with Gasteiger partial charge in [0.2, 0.25) is 5.88 Å². The van der Waals surface area contributed by atoms with Crippen LogP contribution in [-0.4, -0.2) is 36.3 Å². The van der Waals surface area contributed by atoms with E-state index in [4.69, 9.17) is 9.47 Å². The molecule has 0 spiro atoms. The van der Waals surface area contributed by atoms with Crippen molar-refractivity contribution in [2.24, 2.45) is 0 Å². The minimum absolute atomic E-state index is 0.207. The highest BCUT2D eigenvalue weighted by molar-refractivity contribution is 5.48. The van der Waals surface area contributed by atoms with Crippen molar-refractivity contribution in [3.63, 3.8) is 0 Å². The lowest BCUT2D eigenvalue weighted by molar-refractivity contribution is 0.141. The fraction of sp³-hybridized carbons (Fsp3) is 0.636. The van der Waals surface area contributed by atoms with E-state index in [1.807, 2.05) is 20.8 Å². The highest BCUT2D eigenvalue weighted by atomic mass is 16.5. The monoisotopic (exact) mass is 225 g/mol. The number of methoxy groups -OCH3 is 1. The predicted molar refractivity (Wildman–Crippen MR) is 62.9 cm³/mol. The van der Waals surface area contributed by atoms with Crippen LogP contribution in [0.3, 0.4) is 0 Å². The summed E-state index contributed by atoms with van der Waals surface area (Å²) in [6.07, 6.45) is 1.49. The van der Waals surface area contributed by atoms with Gasteiger partial charge in [-0.15, -0.1) is 0 Å². The Kier molecular flexibility index (Phi) is 4.98. The van der Waals surface area contributed by atoms with Gasteiger partial charge in [0.05, 0.1) is 19.3 Å². The number of aromatic nitrogens is 2. The largest absolute Gasteiger partial charge is 0.481 e. The highest BCUT2D eigenvalue weighted by Crippen LogP contribution is 2.20. The van der Waals surface area contributed by atoms with Crippen LogP contribution in [0.4, 0.5) is 5.82 Å². The van der Waals surface area contributed by atoms with E-state index in [-0.39, 0.29) is 6.04 Å². The van der Waals surface area contributed by atoms with Gasteiger partial charge in [-0.1, -0.05) is 0 Å². The van der Waals surface area contributed by atoms with Crippen LogP contribution in [0.25, 0.3) is 0 Å². The highest BCUT2D eigenvalue weighted by Gasteiger charge is 2.09. The molecule has 1 heterocycles. The Bertz CT molecular complexity index is 331. The summed E-state index contributed by atoms with van der Waals surface area (Å²) < 4.78 is 10.5. The van der Waals surface area contributed by atoms with Crippen molar-refractivity contribution in [2.75, 3.05) is 25.6 Å². The Morgan fingerprint density at radius 1 is 1.44 bits per heavy atom. The lowest BCUT2D eigenvalue weighted by Gasteiger charge is -2.16. The summed E-state index contributed by atoms with van der Waals surface area (Å²) >= 11 is 0. The van der Waals surface area contributed by atoms with Gasteiger partial charge in [-0.3, -0.25) is 0 Å². The third-order valence-corrected chi connectivity index (χ3v) is 2.19. The minimum atomic E-state index is 0.207. The maximum Gasteiger partial charge on any atom is 0.221 e. The average Bonchev–Trinajstić information content (AvgIpc) is 2.29. The van der Waals surface area contributed by atoms with Crippen molar-refractivity contribution in [1.29, 1.82) is 0 Å². The second kappa shape index (κ2) is 6.27. The second-order valence-electron chi connectivity index (χ2n) is 3.56. The molecule has 5 nitrogen and oxygen atoms in total. The number of hydrogen-bond donors (Lipinski definition) is 1. The molecule has 0 aliphatic rings. The van der Waals surface area contributed by atoms with Gasteiger partial charge in [0.25, 0.3) is 0 Å². The maximum absolute atomic E-state index is 5.33. The van der Waals surface area contributed by atoms with E-state index < -0.39 is 0 Å². The maximum atomic E-state index is 5.33. The first-order valence-electron chi connectivity index (χ1n) is 5.38. The summed E-state index contributed by atoms with van der Waals surface area (Å²) in [7, 11) is 1.60. The number of rotatable bonds is 6. The summed E-state index contributed by atoms with van der Waals surface area (Å²) in [5.41, 5.74) is 0.911. The molecule has 5 heteroatoms. The Morgan fingerprint density at radius 2 is 2.19 bits per heavy atom. The van der Waals surface area contributed by atoms with Crippen molar-refractivity contribution in [2.45, 2.75) is 26.8 Å². The molecule has 1 N–H and O–H groups in total. The van der Waals surface area contributed by atoms with E-state index in [9.17, 15) is 0 Å². The average molecular weight is 225 g/mol. The number of nitrogens with one attached hydrogen (secondary N) is 1. The Hall–Kier alpha value is -1.36. The fourth-order valence-corrected chi connectivity index (χ4v) is 1.35. The van der Waals surface area contributed by atoms with Gasteiger partial charge in [0.1, 0.15) is 12.1 Å². The summed E-state index contributed by atoms with van der Waals surface area (Å²) in [6.45, 7) is 7.32. The molecule has 1 rings (SSSR count). The summed E-state index contributed by atoms with van der Waals surface area (Å²) in [5, 5.41) is 3.26. The van der Waals surface area contributed by atoms with Gasteiger partial charge in [-0.25, -0.2) is 9.97 Å². The Balaban J connectivity index is 2.66. The van der Waals surface area contributed by atoms with E-state index in [1.165, 1.54) is 6.33 Å². The van der Waals surface area contributed by atoms with Crippen LogP contribution < -0.4 is 10.1 Å². The van der Waals surface area contributed by atoms with Crippen LogP contribution in [0.1, 0.15) is 19.4 Å². The molecule has 1 aromatic heterocycles. The number of ether oxygens (including phenoxy) is 2. The number of anilines is 1. The minimum Gasteiger partial charge on any atom is -0.481 e. The first-order chi connectivity index (χ1) is 7.69. The summed E-state index contributed by atoms with van der Waals surface area (Å²) in [4.78, 5) is 8.20. The Morgan fingerprint density at radius 3 is 2.81 bits per heavy atom. The third-order valence-electron chi connectivity index (χ3n) is 2.19. The molecule has 0 aliphatic heterocycles. The zero-order chi connectivity index (χ0) is 12.0. The van der Waals surface area contributed by atoms with E-state index in [0.717, 1.165) is 18.0 Å². The van der Waals surface area contributed by atoms with E-state index in [2.05, 4.69) is 15.3 Å². The molecular weight excluding hydrogens is 206 g/mol. The van der Waals surface area contributed by atoms with Crippen LogP contribution in [0.15, 0.2) is 6.33 Å². The van der Waals surface area contributed by atoms with Crippen LogP contribution in [0, 0.1) is 6.92 Å². The number of nitrogens with zero attached hydrogens (tertiary/aromatic N) is 2. The first kappa shape index (κ1) is 12.7. The van der Waals surface area contributed by atoms with Crippen molar-refractivity contribution in [3.05, 3.63) is 11.9 Å². The van der Waals surface area contributed by atoms with Crippen molar-refractivity contribution < 1.29 is 9.47 Å². The quantitative estimate of drug-likeness (QED) is 0.797. The number of hydrogen-bond acceptors (Lipinski definition) is 5. The van der Waals surface area contributed by atoms with Gasteiger partial charge < -0.3 is 14.8 Å². The second-order valence-corrected chi connectivity index (χ2v) is 3.56. The van der Waals surface area contributed by atoms with Gasteiger partial charge in [0, 0.05) is 12.6 Å².